The van der Waals surface area contributed by atoms with Crippen LogP contribution in [0.25, 0.3) is 0 Å². The Bertz CT molecular complexity index is 966. The summed E-state index contributed by atoms with van der Waals surface area (Å²) < 4.78 is 39.2. The molecule has 2 aromatic rings. The Morgan fingerprint density at radius 2 is 2.03 bits per heavy atom. The number of likely N-dealkylation sites (tertiary alicyclic amines) is 1. The molecule has 2 atom stereocenters. The molecule has 0 unspecified atom stereocenters. The number of aromatic nitrogens is 2. The molecule has 0 bridgehead atoms. The molecule has 2 aromatic heterocycles. The van der Waals surface area contributed by atoms with Gasteiger partial charge in [-0.3, -0.25) is 9.78 Å². The highest BCUT2D eigenvalue weighted by molar-refractivity contribution is 7.89. The minimum atomic E-state index is -3.97. The predicted octanol–water partition coefficient (Wildman–Crippen LogP) is 1.52. The normalized spacial score (nSPS) is 22.9. The van der Waals surface area contributed by atoms with Crippen molar-refractivity contribution in [3.8, 4) is 5.75 Å². The number of nitrogens with zero attached hydrogens (tertiary/aromatic N) is 4. The molecule has 0 saturated carbocycles. The number of rotatable bonds is 5. The fraction of sp³-hybridized carbons (Fsp3) is 0.526. The maximum atomic E-state index is 13.5. The highest BCUT2D eigenvalue weighted by atomic mass is 32.2. The summed E-state index contributed by atoms with van der Waals surface area (Å²) >= 11 is 0. The second kappa shape index (κ2) is 7.75. The van der Waals surface area contributed by atoms with Gasteiger partial charge < -0.3 is 14.2 Å². The zero-order valence-corrected chi connectivity index (χ0v) is 17.3. The van der Waals surface area contributed by atoms with Gasteiger partial charge in [-0.1, -0.05) is 5.16 Å². The lowest BCUT2D eigenvalue weighted by atomic mass is 10.2. The van der Waals surface area contributed by atoms with Gasteiger partial charge in [-0.25, -0.2) is 8.42 Å². The first kappa shape index (κ1) is 19.8. The number of pyridine rings is 1. The summed E-state index contributed by atoms with van der Waals surface area (Å²) in [7, 11) is -3.97. The van der Waals surface area contributed by atoms with Crippen molar-refractivity contribution < 1.29 is 22.5 Å². The van der Waals surface area contributed by atoms with Crippen LogP contribution in [0.3, 0.4) is 0 Å². The number of aryl methyl sites for hydroxylation is 2. The Labute approximate surface area is 169 Å². The van der Waals surface area contributed by atoms with E-state index in [0.29, 0.717) is 18.8 Å². The van der Waals surface area contributed by atoms with Crippen molar-refractivity contribution in [1.29, 1.82) is 0 Å². The van der Waals surface area contributed by atoms with Crippen LogP contribution in [0.2, 0.25) is 0 Å². The SMILES string of the molecule is Cc1noc(C)c1S(=O)(=O)N1C[C@@H](Oc2cccnc2)C[C@H]1C(=O)N1CCCC1. The number of amides is 1. The van der Waals surface area contributed by atoms with Crippen molar-refractivity contribution in [3.63, 3.8) is 0 Å². The standard InChI is InChI=1S/C19H24N4O5S/c1-13-18(14(2)28-21-13)29(25,26)23-12-16(27-15-6-5-7-20-11-15)10-17(23)19(24)22-8-3-4-9-22/h5-7,11,16-17H,3-4,8-10,12H2,1-2H3/t16-,17-/m0/s1. The van der Waals surface area contributed by atoms with Crippen molar-refractivity contribution in [2.75, 3.05) is 19.6 Å². The summed E-state index contributed by atoms with van der Waals surface area (Å²) in [6, 6.07) is 2.69. The van der Waals surface area contributed by atoms with E-state index in [1.807, 2.05) is 0 Å². The average molecular weight is 420 g/mol. The fourth-order valence-electron chi connectivity index (χ4n) is 4.06. The highest BCUT2D eigenvalue weighted by Gasteiger charge is 2.48. The predicted molar refractivity (Wildman–Crippen MR) is 103 cm³/mol. The van der Waals surface area contributed by atoms with E-state index in [9.17, 15) is 13.2 Å². The van der Waals surface area contributed by atoms with Crippen molar-refractivity contribution in [2.45, 2.75) is 50.2 Å². The topological polar surface area (TPSA) is 106 Å². The second-order valence-corrected chi connectivity index (χ2v) is 9.27. The molecule has 4 rings (SSSR count). The van der Waals surface area contributed by atoms with Gasteiger partial charge in [0.25, 0.3) is 0 Å². The number of hydrogen-bond donors (Lipinski definition) is 0. The monoisotopic (exact) mass is 420 g/mol. The Kier molecular flexibility index (Phi) is 5.30. The minimum absolute atomic E-state index is 0.0266. The number of sulfonamides is 1. The quantitative estimate of drug-likeness (QED) is 0.722. The lowest BCUT2D eigenvalue weighted by Gasteiger charge is -2.26. The molecule has 4 heterocycles. The van der Waals surface area contributed by atoms with Crippen LogP contribution >= 0.6 is 0 Å². The van der Waals surface area contributed by atoms with Crippen molar-refractivity contribution in [3.05, 3.63) is 36.0 Å². The van der Waals surface area contributed by atoms with Crippen LogP contribution < -0.4 is 4.74 Å². The minimum Gasteiger partial charge on any atom is -0.487 e. The van der Waals surface area contributed by atoms with E-state index in [2.05, 4.69) is 10.1 Å². The van der Waals surface area contributed by atoms with Crippen molar-refractivity contribution in [2.24, 2.45) is 0 Å². The molecule has 2 aliphatic rings. The molecule has 9 nitrogen and oxygen atoms in total. The van der Waals surface area contributed by atoms with Crippen LogP contribution in [-0.4, -0.2) is 65.5 Å². The average Bonchev–Trinajstić information content (AvgIpc) is 3.43. The third-order valence-corrected chi connectivity index (χ3v) is 7.51. The molecule has 156 valence electrons. The number of ether oxygens (including phenoxy) is 1. The molecule has 1 amide bonds. The van der Waals surface area contributed by atoms with Gasteiger partial charge in [0, 0.05) is 25.7 Å². The molecule has 0 aromatic carbocycles. The zero-order valence-electron chi connectivity index (χ0n) is 16.4. The van der Waals surface area contributed by atoms with E-state index >= 15 is 0 Å². The van der Waals surface area contributed by atoms with E-state index < -0.39 is 22.2 Å². The van der Waals surface area contributed by atoms with Gasteiger partial charge >= 0.3 is 0 Å². The molecule has 10 heteroatoms. The van der Waals surface area contributed by atoms with Crippen LogP contribution in [0, 0.1) is 13.8 Å². The summed E-state index contributed by atoms with van der Waals surface area (Å²) in [4.78, 5) is 18.9. The lowest BCUT2D eigenvalue weighted by Crippen LogP contribution is -2.47. The Hall–Kier alpha value is -2.46. The third kappa shape index (κ3) is 3.74. The molecule has 0 radical (unpaired) electrons. The van der Waals surface area contributed by atoms with E-state index in [1.165, 1.54) is 4.31 Å². The van der Waals surface area contributed by atoms with E-state index in [-0.39, 0.29) is 35.2 Å². The maximum absolute atomic E-state index is 13.5. The summed E-state index contributed by atoms with van der Waals surface area (Å²) in [5.74, 6) is 0.586. The van der Waals surface area contributed by atoms with Crippen LogP contribution in [0.1, 0.15) is 30.7 Å². The third-order valence-electron chi connectivity index (χ3n) is 5.39. The van der Waals surface area contributed by atoms with Gasteiger partial charge in [0.15, 0.2) is 5.76 Å². The summed E-state index contributed by atoms with van der Waals surface area (Å²) in [5, 5.41) is 3.77. The van der Waals surface area contributed by atoms with E-state index in [4.69, 9.17) is 9.26 Å². The van der Waals surface area contributed by atoms with Gasteiger partial charge in [-0.05, 0) is 38.8 Å². The first-order valence-corrected chi connectivity index (χ1v) is 11.1. The molecule has 2 saturated heterocycles. The number of hydrogen-bond acceptors (Lipinski definition) is 7. The molecule has 2 fully saturated rings. The summed E-state index contributed by atoms with van der Waals surface area (Å²) in [6.07, 6.45) is 4.91. The summed E-state index contributed by atoms with van der Waals surface area (Å²) in [5.41, 5.74) is 0.284. The first-order valence-electron chi connectivity index (χ1n) is 9.68. The fourth-order valence-corrected chi connectivity index (χ4v) is 5.98. The van der Waals surface area contributed by atoms with E-state index in [1.54, 1.807) is 43.3 Å². The highest BCUT2D eigenvalue weighted by Crippen LogP contribution is 2.32. The van der Waals surface area contributed by atoms with Crippen molar-refractivity contribution >= 4 is 15.9 Å². The van der Waals surface area contributed by atoms with Gasteiger partial charge in [-0.2, -0.15) is 4.31 Å². The lowest BCUT2D eigenvalue weighted by molar-refractivity contribution is -0.133. The second-order valence-electron chi connectivity index (χ2n) is 7.44. The van der Waals surface area contributed by atoms with Gasteiger partial charge in [-0.15, -0.1) is 0 Å². The Balaban J connectivity index is 1.65. The van der Waals surface area contributed by atoms with Crippen molar-refractivity contribution in [1.82, 2.24) is 19.3 Å². The summed E-state index contributed by atoms with van der Waals surface area (Å²) in [6.45, 7) is 4.53. The van der Waals surface area contributed by atoms with Gasteiger partial charge in [0.05, 0.1) is 12.7 Å². The molecule has 2 aliphatic heterocycles. The number of carbonyl (C=O) groups is 1. The molecule has 29 heavy (non-hydrogen) atoms. The molecular weight excluding hydrogens is 396 g/mol. The Morgan fingerprint density at radius 3 is 2.66 bits per heavy atom. The van der Waals surface area contributed by atoms with E-state index in [0.717, 1.165) is 12.8 Å². The molecule has 0 aliphatic carbocycles. The molecule has 0 N–H and O–H groups in total. The molecule has 0 spiro atoms. The Morgan fingerprint density at radius 1 is 1.28 bits per heavy atom. The van der Waals surface area contributed by atoms with Crippen LogP contribution in [-0.2, 0) is 14.8 Å². The van der Waals surface area contributed by atoms with Crippen LogP contribution in [0.5, 0.6) is 5.75 Å². The number of carbonyl (C=O) groups excluding carboxylic acids is 1. The largest absolute Gasteiger partial charge is 0.487 e. The smallest absolute Gasteiger partial charge is 0.249 e. The van der Waals surface area contributed by atoms with Crippen LogP contribution in [0.4, 0.5) is 0 Å². The van der Waals surface area contributed by atoms with Crippen LogP contribution in [0.15, 0.2) is 33.9 Å². The van der Waals surface area contributed by atoms with Gasteiger partial charge in [0.2, 0.25) is 15.9 Å². The maximum Gasteiger partial charge on any atom is 0.249 e. The van der Waals surface area contributed by atoms with Gasteiger partial charge in [0.1, 0.15) is 28.5 Å². The first-order chi connectivity index (χ1) is 13.9. The molecular formula is C19H24N4O5S. The zero-order chi connectivity index (χ0) is 20.6.